The average molecular weight is 439 g/mol. The average Bonchev–Trinajstić information content (AvgIpc) is 3.39. The maximum atomic E-state index is 13.2. The summed E-state index contributed by atoms with van der Waals surface area (Å²) in [6, 6.07) is 7.64. The number of sulfonamides is 1. The van der Waals surface area contributed by atoms with E-state index < -0.39 is 21.9 Å². The molecule has 1 aliphatic heterocycles. The lowest BCUT2D eigenvalue weighted by Crippen LogP contribution is -2.47. The van der Waals surface area contributed by atoms with E-state index in [0.29, 0.717) is 18.9 Å². The predicted octanol–water partition coefficient (Wildman–Crippen LogP) is 3.03. The van der Waals surface area contributed by atoms with Gasteiger partial charge in [-0.3, -0.25) is 4.79 Å². The number of benzene rings is 1. The fourth-order valence-corrected chi connectivity index (χ4v) is 4.99. The highest BCUT2D eigenvalue weighted by Gasteiger charge is 2.32. The van der Waals surface area contributed by atoms with Crippen LogP contribution in [-0.2, 0) is 26.1 Å². The van der Waals surface area contributed by atoms with Gasteiger partial charge < -0.3 is 14.1 Å². The highest BCUT2D eigenvalue weighted by molar-refractivity contribution is 7.89. The van der Waals surface area contributed by atoms with Crippen molar-refractivity contribution in [1.82, 2.24) is 9.21 Å². The highest BCUT2D eigenvalue weighted by atomic mass is 32.2. The molecule has 0 radical (unpaired) electrons. The monoisotopic (exact) mass is 438 g/mol. The zero-order valence-electron chi connectivity index (χ0n) is 17.2. The van der Waals surface area contributed by atoms with Gasteiger partial charge in [-0.1, -0.05) is 0 Å². The van der Waals surface area contributed by atoms with E-state index >= 15 is 0 Å². The SMILES string of the molecule is CC(C)N(CC(=O)N(Cc1ccco1)CC1CCCO1)S(=O)(=O)c1ccc(F)cc1. The lowest BCUT2D eigenvalue weighted by Gasteiger charge is -2.30. The summed E-state index contributed by atoms with van der Waals surface area (Å²) in [5.41, 5.74) is 0. The van der Waals surface area contributed by atoms with Crippen LogP contribution in [0.1, 0.15) is 32.4 Å². The zero-order chi connectivity index (χ0) is 21.7. The van der Waals surface area contributed by atoms with Gasteiger partial charge in [0.15, 0.2) is 0 Å². The zero-order valence-corrected chi connectivity index (χ0v) is 18.0. The lowest BCUT2D eigenvalue weighted by atomic mass is 10.2. The van der Waals surface area contributed by atoms with E-state index in [4.69, 9.17) is 9.15 Å². The van der Waals surface area contributed by atoms with E-state index in [1.807, 2.05) is 0 Å². The van der Waals surface area contributed by atoms with Gasteiger partial charge in [-0.05, 0) is 63.1 Å². The van der Waals surface area contributed by atoms with E-state index in [0.717, 1.165) is 29.3 Å². The molecular weight excluding hydrogens is 411 g/mol. The topological polar surface area (TPSA) is 80.1 Å². The normalized spacial score (nSPS) is 17.0. The molecule has 2 heterocycles. The minimum atomic E-state index is -3.97. The molecule has 30 heavy (non-hydrogen) atoms. The second-order valence-corrected chi connectivity index (χ2v) is 9.48. The third-order valence-electron chi connectivity index (χ3n) is 5.01. The van der Waals surface area contributed by atoms with Crippen molar-refractivity contribution in [3.63, 3.8) is 0 Å². The van der Waals surface area contributed by atoms with E-state index in [9.17, 15) is 17.6 Å². The van der Waals surface area contributed by atoms with Crippen molar-refractivity contribution in [2.75, 3.05) is 19.7 Å². The molecule has 7 nitrogen and oxygen atoms in total. The molecule has 0 N–H and O–H groups in total. The molecule has 1 unspecified atom stereocenters. The van der Waals surface area contributed by atoms with Gasteiger partial charge in [-0.2, -0.15) is 4.31 Å². The van der Waals surface area contributed by atoms with Crippen LogP contribution in [0.4, 0.5) is 4.39 Å². The van der Waals surface area contributed by atoms with Gasteiger partial charge in [0.2, 0.25) is 15.9 Å². The summed E-state index contributed by atoms with van der Waals surface area (Å²) in [5.74, 6) is -0.262. The fraction of sp³-hybridized carbons (Fsp3) is 0.476. The summed E-state index contributed by atoms with van der Waals surface area (Å²) >= 11 is 0. The standard InChI is InChI=1S/C21H27FN2O5S/c1-16(2)24(30(26,27)20-9-7-17(22)8-10-20)15-21(25)23(13-18-5-3-11-28-18)14-19-6-4-12-29-19/h3,5,7-11,16,19H,4,6,12-15H2,1-2H3. The quantitative estimate of drug-likeness (QED) is 0.601. The number of carbonyl (C=O) groups excluding carboxylic acids is 1. The Balaban J connectivity index is 1.80. The Morgan fingerprint density at radius 2 is 1.97 bits per heavy atom. The number of hydrogen-bond donors (Lipinski definition) is 0. The van der Waals surface area contributed by atoms with Gasteiger partial charge >= 0.3 is 0 Å². The molecule has 1 aliphatic rings. The van der Waals surface area contributed by atoms with Crippen LogP contribution in [-0.4, -0.2) is 55.4 Å². The Kier molecular flexibility index (Phi) is 7.27. The Bertz CT molecular complexity index is 923. The third kappa shape index (κ3) is 5.47. The van der Waals surface area contributed by atoms with Crippen molar-refractivity contribution in [2.24, 2.45) is 0 Å². The van der Waals surface area contributed by atoms with Gasteiger partial charge in [-0.15, -0.1) is 0 Å². The molecule has 0 saturated carbocycles. The van der Waals surface area contributed by atoms with Crippen LogP contribution in [0.3, 0.4) is 0 Å². The number of ether oxygens (including phenoxy) is 1. The number of rotatable bonds is 9. The first-order chi connectivity index (χ1) is 14.3. The Labute approximate surface area is 176 Å². The van der Waals surface area contributed by atoms with Crippen LogP contribution in [0.5, 0.6) is 0 Å². The molecule has 1 amide bonds. The summed E-state index contributed by atoms with van der Waals surface area (Å²) < 4.78 is 51.6. The minimum absolute atomic E-state index is 0.0536. The van der Waals surface area contributed by atoms with Crippen LogP contribution in [0, 0.1) is 5.82 Å². The number of amides is 1. The number of furan rings is 1. The van der Waals surface area contributed by atoms with Crippen molar-refractivity contribution in [3.05, 3.63) is 54.2 Å². The van der Waals surface area contributed by atoms with Crippen LogP contribution in [0.2, 0.25) is 0 Å². The highest BCUT2D eigenvalue weighted by Crippen LogP contribution is 2.20. The van der Waals surface area contributed by atoms with Crippen molar-refractivity contribution < 1.29 is 26.8 Å². The largest absolute Gasteiger partial charge is 0.467 e. The van der Waals surface area contributed by atoms with Crippen LogP contribution in [0.25, 0.3) is 0 Å². The number of nitrogens with zero attached hydrogens (tertiary/aromatic N) is 2. The Morgan fingerprint density at radius 3 is 2.53 bits per heavy atom. The third-order valence-corrected chi connectivity index (χ3v) is 7.05. The van der Waals surface area contributed by atoms with Crippen molar-refractivity contribution >= 4 is 15.9 Å². The molecule has 0 bridgehead atoms. The smallest absolute Gasteiger partial charge is 0.243 e. The molecule has 1 saturated heterocycles. The summed E-state index contributed by atoms with van der Waals surface area (Å²) in [4.78, 5) is 14.7. The number of hydrogen-bond acceptors (Lipinski definition) is 5. The molecule has 0 aliphatic carbocycles. The summed E-state index contributed by atoms with van der Waals surface area (Å²) in [6.07, 6.45) is 3.24. The molecule has 1 aromatic carbocycles. The molecule has 0 spiro atoms. The maximum Gasteiger partial charge on any atom is 0.243 e. The van der Waals surface area contributed by atoms with Gasteiger partial charge in [-0.25, -0.2) is 12.8 Å². The van der Waals surface area contributed by atoms with Crippen molar-refractivity contribution in [3.8, 4) is 0 Å². The molecular formula is C21H27FN2O5S. The fourth-order valence-electron chi connectivity index (χ4n) is 3.40. The van der Waals surface area contributed by atoms with Gasteiger partial charge in [0.25, 0.3) is 0 Å². The minimum Gasteiger partial charge on any atom is -0.467 e. The van der Waals surface area contributed by atoms with Crippen molar-refractivity contribution in [2.45, 2.75) is 50.3 Å². The Hall–Kier alpha value is -2.23. The van der Waals surface area contributed by atoms with Crippen molar-refractivity contribution in [1.29, 1.82) is 0 Å². The molecule has 9 heteroatoms. The van der Waals surface area contributed by atoms with E-state index in [2.05, 4.69) is 0 Å². The van der Waals surface area contributed by atoms with E-state index in [1.54, 1.807) is 30.9 Å². The second-order valence-electron chi connectivity index (χ2n) is 7.59. The number of halogens is 1. The first-order valence-electron chi connectivity index (χ1n) is 9.96. The molecule has 2 aromatic rings. The van der Waals surface area contributed by atoms with Crippen LogP contribution < -0.4 is 0 Å². The van der Waals surface area contributed by atoms with Gasteiger partial charge in [0.05, 0.1) is 30.4 Å². The molecule has 1 fully saturated rings. The maximum absolute atomic E-state index is 13.2. The summed E-state index contributed by atoms with van der Waals surface area (Å²) in [5, 5.41) is 0. The van der Waals surface area contributed by atoms with E-state index in [-0.39, 0.29) is 30.0 Å². The lowest BCUT2D eigenvalue weighted by molar-refractivity contribution is -0.134. The summed E-state index contributed by atoms with van der Waals surface area (Å²) in [7, 11) is -3.97. The second kappa shape index (κ2) is 9.72. The van der Waals surface area contributed by atoms with Crippen LogP contribution >= 0.6 is 0 Å². The van der Waals surface area contributed by atoms with Crippen LogP contribution in [0.15, 0.2) is 52.0 Å². The Morgan fingerprint density at radius 1 is 1.23 bits per heavy atom. The molecule has 3 rings (SSSR count). The summed E-state index contributed by atoms with van der Waals surface area (Å²) in [6.45, 7) is 4.32. The first-order valence-corrected chi connectivity index (χ1v) is 11.4. The predicted molar refractivity (Wildman–Crippen MR) is 109 cm³/mol. The molecule has 1 aromatic heterocycles. The first kappa shape index (κ1) is 22.5. The molecule has 1 atom stereocenters. The van der Waals surface area contributed by atoms with Gasteiger partial charge in [0.1, 0.15) is 11.6 Å². The van der Waals surface area contributed by atoms with E-state index in [1.165, 1.54) is 18.4 Å². The van der Waals surface area contributed by atoms with Gasteiger partial charge in [0, 0.05) is 19.2 Å². The number of carbonyl (C=O) groups is 1. The molecule has 164 valence electrons.